The highest BCUT2D eigenvalue weighted by Gasteiger charge is 2.37. The van der Waals surface area contributed by atoms with Crippen molar-refractivity contribution in [3.63, 3.8) is 0 Å². The fourth-order valence-corrected chi connectivity index (χ4v) is 1.33. The Kier molecular flexibility index (Phi) is 3.59. The van der Waals surface area contributed by atoms with Gasteiger partial charge in [0.1, 0.15) is 12.4 Å². The van der Waals surface area contributed by atoms with Crippen LogP contribution in [0.2, 0.25) is 5.02 Å². The summed E-state index contributed by atoms with van der Waals surface area (Å²) in [5, 5.41) is 8.39. The van der Waals surface area contributed by atoms with Gasteiger partial charge in [0.25, 0.3) is 5.92 Å². The molecule has 0 radical (unpaired) electrons. The molecule has 0 saturated carbocycles. The van der Waals surface area contributed by atoms with E-state index in [-0.39, 0.29) is 10.6 Å². The van der Waals surface area contributed by atoms with E-state index in [0.717, 1.165) is 18.2 Å². The molecule has 0 bridgehead atoms. The van der Waals surface area contributed by atoms with Gasteiger partial charge in [0, 0.05) is 5.02 Å². The topological polar surface area (TPSA) is 46.2 Å². The number of rotatable bonds is 3. The number of nitrogens with two attached hydrogens (primary N) is 1. The maximum atomic E-state index is 13.0. The molecule has 0 amide bonds. The summed E-state index contributed by atoms with van der Waals surface area (Å²) in [5.41, 5.74) is 5.03. The highest BCUT2D eigenvalue weighted by atomic mass is 35.5. The van der Waals surface area contributed by atoms with Crippen LogP contribution in [-0.4, -0.2) is 17.6 Å². The second-order valence-corrected chi connectivity index (χ2v) is 3.54. The first-order valence-corrected chi connectivity index (χ1v) is 4.45. The van der Waals surface area contributed by atoms with Crippen molar-refractivity contribution < 1.29 is 18.3 Å². The summed E-state index contributed by atoms with van der Waals surface area (Å²) in [5.74, 6) is -4.25. The quantitative estimate of drug-likeness (QED) is 0.849. The predicted molar refractivity (Wildman–Crippen MR) is 50.4 cm³/mol. The minimum Gasteiger partial charge on any atom is -0.390 e. The number of aliphatic hydroxyl groups is 1. The summed E-state index contributed by atoms with van der Waals surface area (Å²) in [7, 11) is 0. The third kappa shape index (κ3) is 2.84. The van der Waals surface area contributed by atoms with E-state index in [4.69, 9.17) is 22.4 Å². The summed E-state index contributed by atoms with van der Waals surface area (Å²) in [6, 6.07) is 1.20. The third-order valence-electron chi connectivity index (χ3n) is 1.91. The number of aliphatic hydroxyl groups excluding tert-OH is 1. The van der Waals surface area contributed by atoms with E-state index in [0.29, 0.717) is 0 Å². The summed E-state index contributed by atoms with van der Waals surface area (Å²) < 4.78 is 38.7. The molecular formula is C9H9ClF3NO. The van der Waals surface area contributed by atoms with Crippen molar-refractivity contribution in [2.24, 2.45) is 5.73 Å². The molecule has 0 aliphatic heterocycles. The Hall–Kier alpha value is -0.780. The predicted octanol–water partition coefficient (Wildman–Crippen LogP) is 2.11. The largest absolute Gasteiger partial charge is 0.390 e. The normalized spacial score (nSPS) is 14.0. The number of benzene rings is 1. The Morgan fingerprint density at radius 2 is 2.00 bits per heavy atom. The van der Waals surface area contributed by atoms with Gasteiger partial charge in [-0.2, -0.15) is 0 Å². The molecule has 1 rings (SSSR count). The van der Waals surface area contributed by atoms with Gasteiger partial charge in [-0.15, -0.1) is 0 Å². The minimum atomic E-state index is -3.50. The van der Waals surface area contributed by atoms with E-state index in [1.165, 1.54) is 0 Å². The van der Waals surface area contributed by atoms with Gasteiger partial charge in [-0.05, 0) is 23.8 Å². The Labute approximate surface area is 89.5 Å². The standard InChI is InChI=1S/C9H9ClF3NO/c10-6-1-5(2-7(11)3-6)8(14)9(12,13)4-15/h1-3,8,15H,4,14H2/t8-/m1/s1. The smallest absolute Gasteiger partial charge is 0.289 e. The van der Waals surface area contributed by atoms with Crippen molar-refractivity contribution in [1.29, 1.82) is 0 Å². The van der Waals surface area contributed by atoms with Crippen LogP contribution in [0.15, 0.2) is 18.2 Å². The fraction of sp³-hybridized carbons (Fsp3) is 0.333. The van der Waals surface area contributed by atoms with Gasteiger partial charge in [0.05, 0.1) is 6.04 Å². The van der Waals surface area contributed by atoms with Crippen LogP contribution >= 0.6 is 11.6 Å². The molecule has 1 atom stereocenters. The lowest BCUT2D eigenvalue weighted by molar-refractivity contribution is -0.0712. The molecule has 15 heavy (non-hydrogen) atoms. The van der Waals surface area contributed by atoms with Crippen LogP contribution in [-0.2, 0) is 0 Å². The first-order chi connectivity index (χ1) is 6.86. The number of hydrogen-bond donors (Lipinski definition) is 2. The molecule has 1 aromatic rings. The lowest BCUT2D eigenvalue weighted by Gasteiger charge is -2.21. The molecule has 0 aromatic heterocycles. The van der Waals surface area contributed by atoms with E-state index in [1.54, 1.807) is 0 Å². The SMILES string of the molecule is N[C@H](c1cc(F)cc(Cl)c1)C(F)(F)CO. The van der Waals surface area contributed by atoms with Crippen molar-refractivity contribution in [2.75, 3.05) is 6.61 Å². The molecule has 0 heterocycles. The first kappa shape index (κ1) is 12.3. The molecule has 1 aromatic carbocycles. The molecule has 3 N–H and O–H groups in total. The zero-order valence-electron chi connectivity index (χ0n) is 7.55. The van der Waals surface area contributed by atoms with Crippen molar-refractivity contribution in [1.82, 2.24) is 0 Å². The summed E-state index contributed by atoms with van der Waals surface area (Å²) in [6.45, 7) is -1.40. The Bertz CT molecular complexity index is 339. The van der Waals surface area contributed by atoms with Gasteiger partial charge >= 0.3 is 0 Å². The second-order valence-electron chi connectivity index (χ2n) is 3.10. The van der Waals surface area contributed by atoms with Gasteiger partial charge in [-0.1, -0.05) is 11.6 Å². The number of halogens is 4. The van der Waals surface area contributed by atoms with Crippen molar-refractivity contribution in [2.45, 2.75) is 12.0 Å². The maximum Gasteiger partial charge on any atom is 0.289 e. The average molecular weight is 240 g/mol. The molecule has 84 valence electrons. The second kappa shape index (κ2) is 4.38. The fourth-order valence-electron chi connectivity index (χ4n) is 1.10. The van der Waals surface area contributed by atoms with Gasteiger partial charge in [0.15, 0.2) is 0 Å². The lowest BCUT2D eigenvalue weighted by atomic mass is 10.0. The van der Waals surface area contributed by atoms with Crippen molar-refractivity contribution in [3.8, 4) is 0 Å². The molecule has 2 nitrogen and oxygen atoms in total. The zero-order valence-corrected chi connectivity index (χ0v) is 8.31. The molecule has 0 aliphatic carbocycles. The molecule has 0 aliphatic rings. The van der Waals surface area contributed by atoms with Crippen LogP contribution in [0.4, 0.5) is 13.2 Å². The van der Waals surface area contributed by atoms with Gasteiger partial charge in [-0.25, -0.2) is 13.2 Å². The van der Waals surface area contributed by atoms with Crippen LogP contribution < -0.4 is 5.73 Å². The van der Waals surface area contributed by atoms with E-state index in [9.17, 15) is 13.2 Å². The van der Waals surface area contributed by atoms with E-state index in [1.807, 2.05) is 0 Å². The van der Waals surface area contributed by atoms with Crippen LogP contribution in [0, 0.1) is 5.82 Å². The highest BCUT2D eigenvalue weighted by Crippen LogP contribution is 2.30. The van der Waals surface area contributed by atoms with Gasteiger partial charge in [-0.3, -0.25) is 0 Å². The van der Waals surface area contributed by atoms with Crippen LogP contribution in [0.3, 0.4) is 0 Å². The monoisotopic (exact) mass is 239 g/mol. The molecule has 0 spiro atoms. The van der Waals surface area contributed by atoms with E-state index >= 15 is 0 Å². The lowest BCUT2D eigenvalue weighted by Crippen LogP contribution is -2.36. The third-order valence-corrected chi connectivity index (χ3v) is 2.13. The van der Waals surface area contributed by atoms with E-state index in [2.05, 4.69) is 0 Å². The molecule has 6 heteroatoms. The van der Waals surface area contributed by atoms with Gasteiger partial charge in [0.2, 0.25) is 0 Å². The van der Waals surface area contributed by atoms with Crippen LogP contribution in [0.1, 0.15) is 11.6 Å². The number of alkyl halides is 2. The Balaban J connectivity index is 3.06. The Morgan fingerprint density at radius 1 is 1.40 bits per heavy atom. The molecule has 0 fully saturated rings. The van der Waals surface area contributed by atoms with Crippen LogP contribution in [0.25, 0.3) is 0 Å². The Morgan fingerprint density at radius 3 is 2.47 bits per heavy atom. The molecule has 0 unspecified atom stereocenters. The molecule has 0 saturated heterocycles. The maximum absolute atomic E-state index is 13.0. The van der Waals surface area contributed by atoms with Crippen molar-refractivity contribution >= 4 is 11.6 Å². The highest BCUT2D eigenvalue weighted by molar-refractivity contribution is 6.30. The summed E-state index contributed by atoms with van der Waals surface area (Å²) in [4.78, 5) is 0. The minimum absolute atomic E-state index is 0.0193. The first-order valence-electron chi connectivity index (χ1n) is 4.07. The summed E-state index contributed by atoms with van der Waals surface area (Å²) >= 11 is 5.48. The average Bonchev–Trinajstić information content (AvgIpc) is 2.15. The van der Waals surface area contributed by atoms with Crippen molar-refractivity contribution in [3.05, 3.63) is 34.6 Å². The van der Waals surface area contributed by atoms with Gasteiger partial charge < -0.3 is 10.8 Å². The zero-order chi connectivity index (χ0) is 11.6. The number of hydrogen-bond acceptors (Lipinski definition) is 2. The van der Waals surface area contributed by atoms with Crippen LogP contribution in [0.5, 0.6) is 0 Å². The van der Waals surface area contributed by atoms with E-state index < -0.39 is 24.4 Å². The molecular weight excluding hydrogens is 231 g/mol. The summed E-state index contributed by atoms with van der Waals surface area (Å²) in [6.07, 6.45) is 0.